The number of allylic oxidation sites excluding steroid dienone is 2. The molecule has 4 unspecified atom stereocenters. The highest BCUT2D eigenvalue weighted by molar-refractivity contribution is 7.99. The number of alkyl halides is 1. The third kappa shape index (κ3) is 0.746. The number of hydrogen-bond donors (Lipinski definition) is 0. The van der Waals surface area contributed by atoms with E-state index in [0.717, 1.165) is 6.42 Å². The van der Waals surface area contributed by atoms with Gasteiger partial charge in [0, 0.05) is 11.2 Å². The normalized spacial score (nSPS) is 50.6. The van der Waals surface area contributed by atoms with E-state index in [1.54, 1.807) is 11.8 Å². The van der Waals surface area contributed by atoms with E-state index in [0.29, 0.717) is 5.92 Å². The maximum absolute atomic E-state index is 13.2. The van der Waals surface area contributed by atoms with E-state index in [1.807, 2.05) is 12.3 Å². The van der Waals surface area contributed by atoms with Crippen LogP contribution in [0.3, 0.4) is 0 Å². The molecule has 2 bridgehead atoms. The smallest absolute Gasteiger partial charge is 0.119 e. The summed E-state index contributed by atoms with van der Waals surface area (Å²) in [4.78, 5) is 0. The van der Waals surface area contributed by atoms with Crippen molar-refractivity contribution in [3.05, 3.63) is 12.2 Å². The third-order valence-electron chi connectivity index (χ3n) is 2.57. The van der Waals surface area contributed by atoms with Crippen LogP contribution >= 0.6 is 11.8 Å². The van der Waals surface area contributed by atoms with Crippen molar-refractivity contribution < 1.29 is 4.39 Å². The first kappa shape index (κ1) is 6.71. The summed E-state index contributed by atoms with van der Waals surface area (Å²) < 4.78 is 13.2. The average Bonchev–Trinajstić information content (AvgIpc) is 2.46. The summed E-state index contributed by atoms with van der Waals surface area (Å²) in [5.41, 5.74) is 0. The van der Waals surface area contributed by atoms with Crippen LogP contribution in [0.2, 0.25) is 0 Å². The lowest BCUT2D eigenvalue weighted by molar-refractivity contribution is 0.297. The van der Waals surface area contributed by atoms with Crippen LogP contribution < -0.4 is 0 Å². The Kier molecular flexibility index (Phi) is 1.52. The lowest BCUT2D eigenvalue weighted by atomic mass is 10.1. The molecule has 4 atom stereocenters. The van der Waals surface area contributed by atoms with Crippen LogP contribution in [-0.4, -0.2) is 17.7 Å². The first-order valence-electron chi connectivity index (χ1n) is 3.68. The van der Waals surface area contributed by atoms with E-state index in [2.05, 4.69) is 6.08 Å². The molecule has 0 heterocycles. The zero-order valence-electron chi connectivity index (χ0n) is 5.96. The number of rotatable bonds is 1. The molecule has 56 valence electrons. The van der Waals surface area contributed by atoms with Gasteiger partial charge in [0.2, 0.25) is 0 Å². The molecular weight excluding hydrogens is 147 g/mol. The summed E-state index contributed by atoms with van der Waals surface area (Å²) in [5, 5.41) is 0.259. The van der Waals surface area contributed by atoms with E-state index in [1.165, 1.54) is 0 Å². The van der Waals surface area contributed by atoms with Crippen molar-refractivity contribution in [2.45, 2.75) is 17.8 Å². The quantitative estimate of drug-likeness (QED) is 0.527. The molecule has 0 aromatic rings. The zero-order chi connectivity index (χ0) is 7.14. The molecule has 0 nitrogen and oxygen atoms in total. The Morgan fingerprint density at radius 3 is 2.50 bits per heavy atom. The van der Waals surface area contributed by atoms with E-state index < -0.39 is 6.17 Å². The Labute approximate surface area is 64.9 Å². The molecule has 0 amide bonds. The minimum absolute atomic E-state index is 0.252. The Morgan fingerprint density at radius 2 is 2.10 bits per heavy atom. The van der Waals surface area contributed by atoms with E-state index in [-0.39, 0.29) is 11.2 Å². The second-order valence-corrected chi connectivity index (χ2v) is 4.11. The highest BCUT2D eigenvalue weighted by Crippen LogP contribution is 2.45. The lowest BCUT2D eigenvalue weighted by Crippen LogP contribution is -2.22. The first-order chi connectivity index (χ1) is 4.83. The SMILES string of the molecule is CSC1C2C=CC(C2)C1F. The fourth-order valence-corrected chi connectivity index (χ4v) is 3.03. The molecule has 2 rings (SSSR count). The topological polar surface area (TPSA) is 0 Å². The molecule has 0 radical (unpaired) electrons. The van der Waals surface area contributed by atoms with E-state index in [4.69, 9.17) is 0 Å². The van der Waals surface area contributed by atoms with Gasteiger partial charge in [-0.2, -0.15) is 11.8 Å². The van der Waals surface area contributed by atoms with Gasteiger partial charge in [0.25, 0.3) is 0 Å². The minimum atomic E-state index is -0.565. The van der Waals surface area contributed by atoms with Crippen molar-refractivity contribution in [3.63, 3.8) is 0 Å². The largest absolute Gasteiger partial charge is 0.246 e. The summed E-state index contributed by atoms with van der Waals surface area (Å²) in [5.74, 6) is 0.789. The monoisotopic (exact) mass is 158 g/mol. The van der Waals surface area contributed by atoms with Crippen molar-refractivity contribution in [1.29, 1.82) is 0 Å². The molecule has 0 saturated heterocycles. The molecular formula is C8H11FS. The second kappa shape index (κ2) is 2.26. The number of fused-ring (bicyclic) bond motifs is 2. The predicted molar refractivity (Wildman–Crippen MR) is 42.9 cm³/mol. The van der Waals surface area contributed by atoms with Crippen LogP contribution in [-0.2, 0) is 0 Å². The first-order valence-corrected chi connectivity index (χ1v) is 4.97. The summed E-state index contributed by atoms with van der Waals surface area (Å²) in [6.07, 6.45) is 6.73. The Morgan fingerprint density at radius 1 is 1.40 bits per heavy atom. The second-order valence-electron chi connectivity index (χ2n) is 3.09. The van der Waals surface area contributed by atoms with Gasteiger partial charge in [0.15, 0.2) is 0 Å². The molecule has 0 spiro atoms. The minimum Gasteiger partial charge on any atom is -0.246 e. The number of thioether (sulfide) groups is 1. The van der Waals surface area contributed by atoms with Crippen LogP contribution in [0.15, 0.2) is 12.2 Å². The predicted octanol–water partition coefficient (Wildman–Crippen LogP) is 2.26. The van der Waals surface area contributed by atoms with Crippen LogP contribution in [0.4, 0.5) is 4.39 Å². The van der Waals surface area contributed by atoms with Crippen molar-refractivity contribution in [3.8, 4) is 0 Å². The Balaban J connectivity index is 2.18. The van der Waals surface area contributed by atoms with Crippen LogP contribution in [0, 0.1) is 11.8 Å². The number of halogens is 1. The maximum atomic E-state index is 13.2. The van der Waals surface area contributed by atoms with Gasteiger partial charge in [0.1, 0.15) is 6.17 Å². The van der Waals surface area contributed by atoms with Crippen molar-refractivity contribution in [2.75, 3.05) is 6.26 Å². The van der Waals surface area contributed by atoms with Crippen molar-refractivity contribution >= 4 is 11.8 Å². The van der Waals surface area contributed by atoms with E-state index >= 15 is 0 Å². The highest BCUT2D eigenvalue weighted by atomic mass is 32.2. The number of hydrogen-bond acceptors (Lipinski definition) is 1. The molecule has 1 fully saturated rings. The molecule has 0 aliphatic heterocycles. The Hall–Kier alpha value is 0.0200. The van der Waals surface area contributed by atoms with Gasteiger partial charge in [-0.3, -0.25) is 0 Å². The molecule has 0 N–H and O–H groups in total. The van der Waals surface area contributed by atoms with Gasteiger partial charge >= 0.3 is 0 Å². The summed E-state index contributed by atoms with van der Waals surface area (Å²) in [7, 11) is 0. The van der Waals surface area contributed by atoms with Crippen LogP contribution in [0.5, 0.6) is 0 Å². The zero-order valence-corrected chi connectivity index (χ0v) is 6.77. The maximum Gasteiger partial charge on any atom is 0.119 e. The highest BCUT2D eigenvalue weighted by Gasteiger charge is 2.44. The van der Waals surface area contributed by atoms with E-state index in [9.17, 15) is 4.39 Å². The van der Waals surface area contributed by atoms with Gasteiger partial charge < -0.3 is 0 Å². The molecule has 2 aliphatic rings. The summed E-state index contributed by atoms with van der Waals surface area (Å²) >= 11 is 1.68. The van der Waals surface area contributed by atoms with Gasteiger partial charge in [-0.15, -0.1) is 0 Å². The average molecular weight is 158 g/mol. The Bertz CT molecular complexity index is 167. The summed E-state index contributed by atoms with van der Waals surface area (Å²) in [6.45, 7) is 0. The third-order valence-corrected chi connectivity index (χ3v) is 3.72. The van der Waals surface area contributed by atoms with Gasteiger partial charge in [-0.05, 0) is 18.6 Å². The van der Waals surface area contributed by atoms with Crippen molar-refractivity contribution in [1.82, 2.24) is 0 Å². The molecule has 0 aromatic carbocycles. The van der Waals surface area contributed by atoms with Gasteiger partial charge in [-0.1, -0.05) is 12.2 Å². The van der Waals surface area contributed by atoms with Crippen LogP contribution in [0.25, 0.3) is 0 Å². The van der Waals surface area contributed by atoms with Crippen LogP contribution in [0.1, 0.15) is 6.42 Å². The molecule has 1 saturated carbocycles. The lowest BCUT2D eigenvalue weighted by Gasteiger charge is -2.18. The fourth-order valence-electron chi connectivity index (χ4n) is 2.02. The summed E-state index contributed by atoms with van der Waals surface area (Å²) in [6, 6.07) is 0. The van der Waals surface area contributed by atoms with Gasteiger partial charge in [-0.25, -0.2) is 4.39 Å². The standard InChI is InChI=1S/C8H11FS/c1-10-8-6-3-2-5(4-6)7(8)9/h2-3,5-8H,4H2,1H3. The molecule has 0 aromatic heterocycles. The molecule has 2 heteroatoms. The fraction of sp³-hybridized carbons (Fsp3) is 0.750. The van der Waals surface area contributed by atoms with Gasteiger partial charge in [0.05, 0.1) is 0 Å². The molecule has 10 heavy (non-hydrogen) atoms. The molecule has 2 aliphatic carbocycles. The van der Waals surface area contributed by atoms with Crippen molar-refractivity contribution in [2.24, 2.45) is 11.8 Å².